The molecule has 4 rings (SSSR count). The molecule has 0 spiro atoms. The highest BCUT2D eigenvalue weighted by molar-refractivity contribution is 8.00. The smallest absolute Gasteiger partial charge is 0.323 e. The zero-order valence-electron chi connectivity index (χ0n) is 14.8. The maximum absolute atomic E-state index is 12.6. The maximum Gasteiger partial charge on any atom is 0.323 e. The summed E-state index contributed by atoms with van der Waals surface area (Å²) < 4.78 is 1.89. The van der Waals surface area contributed by atoms with E-state index in [-0.39, 0.29) is 16.8 Å². The molecule has 1 atom stereocenters. The molecule has 1 unspecified atom stereocenters. The van der Waals surface area contributed by atoms with Gasteiger partial charge in [-0.05, 0) is 43.3 Å². The standard InChI is InChI=1S/C19H16ClN5O2S/c1-11(17(26)22-13-5-6-15-16(10-13)24-18(27)23-15)28-19-21-7-8-25(19)14-4-2-3-12(20)9-14/h2-11H,1H3,(H,22,26)(H2,23,24,27). The molecule has 2 aromatic heterocycles. The maximum atomic E-state index is 12.6. The van der Waals surface area contributed by atoms with E-state index in [0.29, 0.717) is 26.9 Å². The van der Waals surface area contributed by atoms with Gasteiger partial charge in [0.05, 0.1) is 16.3 Å². The number of carbonyl (C=O) groups is 1. The third-order valence-electron chi connectivity index (χ3n) is 4.13. The molecule has 2 heterocycles. The number of anilines is 1. The van der Waals surface area contributed by atoms with Crippen LogP contribution in [-0.4, -0.2) is 30.7 Å². The highest BCUT2D eigenvalue weighted by Crippen LogP contribution is 2.26. The molecule has 0 aliphatic carbocycles. The van der Waals surface area contributed by atoms with Gasteiger partial charge in [0.1, 0.15) is 0 Å². The van der Waals surface area contributed by atoms with Crippen LogP contribution in [-0.2, 0) is 4.79 Å². The lowest BCUT2D eigenvalue weighted by Crippen LogP contribution is -2.22. The highest BCUT2D eigenvalue weighted by atomic mass is 35.5. The zero-order chi connectivity index (χ0) is 19.7. The monoisotopic (exact) mass is 413 g/mol. The SMILES string of the molecule is CC(Sc1nccn1-c1cccc(Cl)c1)C(=O)Nc1ccc2[nH]c(=O)[nH]c2c1. The summed E-state index contributed by atoms with van der Waals surface area (Å²) in [4.78, 5) is 33.7. The number of hydrogen-bond donors (Lipinski definition) is 3. The Hall–Kier alpha value is -2.97. The molecule has 0 radical (unpaired) electrons. The second kappa shape index (κ2) is 7.57. The lowest BCUT2D eigenvalue weighted by Gasteiger charge is -2.13. The van der Waals surface area contributed by atoms with Crippen LogP contribution in [0.15, 0.2) is 64.8 Å². The number of imidazole rings is 2. The molecule has 0 fully saturated rings. The predicted octanol–water partition coefficient (Wildman–Crippen LogP) is 3.81. The number of nitrogens with zero attached hydrogens (tertiary/aromatic N) is 2. The summed E-state index contributed by atoms with van der Waals surface area (Å²) in [7, 11) is 0. The molecule has 3 N–H and O–H groups in total. The van der Waals surface area contributed by atoms with Crippen LogP contribution in [0.4, 0.5) is 5.69 Å². The Balaban J connectivity index is 1.49. The van der Waals surface area contributed by atoms with Crippen LogP contribution in [0.3, 0.4) is 0 Å². The molecule has 7 nitrogen and oxygen atoms in total. The van der Waals surface area contributed by atoms with Gasteiger partial charge >= 0.3 is 5.69 Å². The first kappa shape index (κ1) is 18.4. The van der Waals surface area contributed by atoms with E-state index in [2.05, 4.69) is 20.3 Å². The fourth-order valence-electron chi connectivity index (χ4n) is 2.77. The van der Waals surface area contributed by atoms with Gasteiger partial charge in [-0.1, -0.05) is 29.4 Å². The van der Waals surface area contributed by atoms with Crippen molar-refractivity contribution in [3.05, 3.63) is 70.4 Å². The predicted molar refractivity (Wildman–Crippen MR) is 111 cm³/mol. The van der Waals surface area contributed by atoms with E-state index in [9.17, 15) is 9.59 Å². The fourth-order valence-corrected chi connectivity index (χ4v) is 3.83. The Morgan fingerprint density at radius 3 is 2.86 bits per heavy atom. The van der Waals surface area contributed by atoms with Crippen LogP contribution in [0.5, 0.6) is 0 Å². The topological polar surface area (TPSA) is 95.6 Å². The fraction of sp³-hybridized carbons (Fsp3) is 0.105. The van der Waals surface area contributed by atoms with E-state index in [0.717, 1.165) is 5.69 Å². The number of amides is 1. The van der Waals surface area contributed by atoms with Gasteiger partial charge in [-0.2, -0.15) is 0 Å². The Bertz CT molecular complexity index is 1210. The molecule has 9 heteroatoms. The molecule has 0 aliphatic heterocycles. The first-order valence-corrected chi connectivity index (χ1v) is 9.74. The van der Waals surface area contributed by atoms with Gasteiger partial charge in [0.2, 0.25) is 5.91 Å². The lowest BCUT2D eigenvalue weighted by molar-refractivity contribution is -0.115. The Morgan fingerprint density at radius 1 is 1.21 bits per heavy atom. The lowest BCUT2D eigenvalue weighted by atomic mass is 10.2. The van der Waals surface area contributed by atoms with Crippen LogP contribution in [0.1, 0.15) is 6.92 Å². The number of H-pyrrole nitrogens is 2. The second-order valence-corrected chi connectivity index (χ2v) is 7.89. The van der Waals surface area contributed by atoms with Gasteiger partial charge in [-0.15, -0.1) is 0 Å². The van der Waals surface area contributed by atoms with Gasteiger partial charge in [0, 0.05) is 28.8 Å². The van der Waals surface area contributed by atoms with E-state index in [1.807, 2.05) is 35.9 Å². The molecule has 0 aliphatic rings. The van der Waals surface area contributed by atoms with Crippen LogP contribution >= 0.6 is 23.4 Å². The van der Waals surface area contributed by atoms with E-state index < -0.39 is 0 Å². The number of benzene rings is 2. The summed E-state index contributed by atoms with van der Waals surface area (Å²) in [6.45, 7) is 1.81. The molecule has 2 aromatic carbocycles. The Morgan fingerprint density at radius 2 is 2.04 bits per heavy atom. The van der Waals surface area contributed by atoms with E-state index in [1.165, 1.54) is 11.8 Å². The third-order valence-corrected chi connectivity index (χ3v) is 5.44. The van der Waals surface area contributed by atoms with Crippen molar-refractivity contribution in [3.63, 3.8) is 0 Å². The van der Waals surface area contributed by atoms with Crippen molar-refractivity contribution < 1.29 is 4.79 Å². The average Bonchev–Trinajstić information content (AvgIpc) is 3.26. The Kier molecular flexibility index (Phi) is 4.97. The molecule has 1 amide bonds. The molecule has 142 valence electrons. The number of fused-ring (bicyclic) bond motifs is 1. The molecule has 28 heavy (non-hydrogen) atoms. The van der Waals surface area contributed by atoms with Gasteiger partial charge in [-0.25, -0.2) is 9.78 Å². The number of halogens is 1. The summed E-state index contributed by atoms with van der Waals surface area (Å²) in [6.07, 6.45) is 3.51. The van der Waals surface area contributed by atoms with Crippen LogP contribution in [0.2, 0.25) is 5.02 Å². The minimum absolute atomic E-state index is 0.164. The van der Waals surface area contributed by atoms with Crippen molar-refractivity contribution in [2.24, 2.45) is 0 Å². The normalized spacial score (nSPS) is 12.2. The average molecular weight is 414 g/mol. The van der Waals surface area contributed by atoms with Crippen LogP contribution < -0.4 is 11.0 Å². The van der Waals surface area contributed by atoms with Crippen LogP contribution in [0, 0.1) is 0 Å². The van der Waals surface area contributed by atoms with Gasteiger partial charge in [0.15, 0.2) is 5.16 Å². The van der Waals surface area contributed by atoms with E-state index >= 15 is 0 Å². The molecule has 4 aromatic rings. The highest BCUT2D eigenvalue weighted by Gasteiger charge is 2.18. The summed E-state index contributed by atoms with van der Waals surface area (Å²) in [5.74, 6) is -0.164. The minimum Gasteiger partial charge on any atom is -0.325 e. The summed E-state index contributed by atoms with van der Waals surface area (Å²) in [6, 6.07) is 12.6. The van der Waals surface area contributed by atoms with Crippen molar-refractivity contribution in [3.8, 4) is 5.69 Å². The van der Waals surface area contributed by atoms with Crippen molar-refractivity contribution in [1.82, 2.24) is 19.5 Å². The number of carbonyl (C=O) groups excluding carboxylic acids is 1. The first-order valence-electron chi connectivity index (χ1n) is 8.48. The molecular formula is C19H16ClN5O2S. The molecule has 0 saturated carbocycles. The summed E-state index contributed by atoms with van der Waals surface area (Å²) in [5, 5.41) is 3.80. The van der Waals surface area contributed by atoms with Crippen molar-refractivity contribution in [1.29, 1.82) is 0 Å². The number of hydrogen-bond acceptors (Lipinski definition) is 4. The molecular weight excluding hydrogens is 398 g/mol. The van der Waals surface area contributed by atoms with Gasteiger partial charge < -0.3 is 15.3 Å². The van der Waals surface area contributed by atoms with Gasteiger partial charge in [0.25, 0.3) is 0 Å². The minimum atomic E-state index is -0.388. The van der Waals surface area contributed by atoms with Crippen molar-refractivity contribution in [2.75, 3.05) is 5.32 Å². The molecule has 0 saturated heterocycles. The number of aromatic nitrogens is 4. The van der Waals surface area contributed by atoms with Crippen LogP contribution in [0.25, 0.3) is 16.7 Å². The largest absolute Gasteiger partial charge is 0.325 e. The van der Waals surface area contributed by atoms with E-state index in [1.54, 1.807) is 30.5 Å². The second-order valence-electron chi connectivity index (χ2n) is 6.15. The number of nitrogens with one attached hydrogen (secondary N) is 3. The van der Waals surface area contributed by atoms with Crippen molar-refractivity contribution in [2.45, 2.75) is 17.3 Å². The number of aromatic amines is 2. The Labute approximate surface area is 169 Å². The number of rotatable bonds is 5. The first-order chi connectivity index (χ1) is 13.5. The quantitative estimate of drug-likeness (QED) is 0.433. The molecule has 0 bridgehead atoms. The van der Waals surface area contributed by atoms with Gasteiger partial charge in [-0.3, -0.25) is 9.36 Å². The summed E-state index contributed by atoms with van der Waals surface area (Å²) in [5.41, 5.74) is 2.53. The van der Waals surface area contributed by atoms with E-state index in [4.69, 9.17) is 11.6 Å². The summed E-state index contributed by atoms with van der Waals surface area (Å²) >= 11 is 7.42. The zero-order valence-corrected chi connectivity index (χ0v) is 16.3. The number of thioether (sulfide) groups is 1. The van der Waals surface area contributed by atoms with Crippen molar-refractivity contribution >= 4 is 46.0 Å². The third kappa shape index (κ3) is 3.83.